The summed E-state index contributed by atoms with van der Waals surface area (Å²) < 4.78 is 29.2. The number of rotatable bonds is 8. The van der Waals surface area contributed by atoms with Crippen molar-refractivity contribution in [1.82, 2.24) is 10.2 Å². The van der Waals surface area contributed by atoms with E-state index in [0.717, 1.165) is 30.8 Å². The fourth-order valence-electron chi connectivity index (χ4n) is 6.73. The van der Waals surface area contributed by atoms with E-state index in [9.17, 15) is 14.4 Å². The molecule has 10 heteroatoms. The molecule has 1 spiro atoms. The Kier molecular flexibility index (Phi) is 8.61. The quantitative estimate of drug-likeness (QED) is 0.341. The number of hydrogen-bond acceptors (Lipinski definition) is 9. The molecule has 5 rings (SSSR count). The number of alkyl carbamates (subject to hydrolysis) is 1. The first-order valence-corrected chi connectivity index (χ1v) is 14.9. The number of amides is 1. The molecular formula is C33H42N2O8. The Morgan fingerprint density at radius 2 is 1.88 bits per heavy atom. The van der Waals surface area contributed by atoms with Gasteiger partial charge in [0.15, 0.2) is 11.5 Å². The van der Waals surface area contributed by atoms with E-state index in [2.05, 4.69) is 30.3 Å². The van der Waals surface area contributed by atoms with Gasteiger partial charge in [0.1, 0.15) is 29.6 Å². The van der Waals surface area contributed by atoms with Crippen LogP contribution in [0.25, 0.3) is 0 Å². The maximum atomic E-state index is 13.7. The van der Waals surface area contributed by atoms with Crippen LogP contribution in [0, 0.1) is 5.92 Å². The molecule has 1 fully saturated rings. The van der Waals surface area contributed by atoms with Crippen molar-refractivity contribution in [2.45, 2.75) is 89.2 Å². The molecule has 2 aromatic carbocycles. The molecule has 2 unspecified atom stereocenters. The first-order chi connectivity index (χ1) is 20.4. The van der Waals surface area contributed by atoms with Crippen molar-refractivity contribution in [2.75, 3.05) is 20.7 Å². The molecule has 2 aliphatic heterocycles. The van der Waals surface area contributed by atoms with Crippen molar-refractivity contribution in [3.63, 3.8) is 0 Å². The molecule has 0 radical (unpaired) electrons. The standard InChI is InChI=1S/C33H42N2O8/c1-20-25(18-26-33(20)16-17-35(5)19-21-12-14-24(39-6)29(42-26)28(21)33)41-30(37)23(34-31(38)43-32(2,3)4)13-15-27(36)40-22-10-8-7-9-11-22/h7-12,14,20,23,25-26H,13,15-19H2,1-6H3,(H,34,38)/t20?,23-,25?,26-,33+/m1/s1. The smallest absolute Gasteiger partial charge is 0.408 e. The Balaban J connectivity index is 1.33. The van der Waals surface area contributed by atoms with Crippen LogP contribution >= 0.6 is 0 Å². The Bertz CT molecular complexity index is 1360. The minimum Gasteiger partial charge on any atom is -0.493 e. The molecule has 2 aromatic rings. The highest BCUT2D eigenvalue weighted by Crippen LogP contribution is 2.61. The summed E-state index contributed by atoms with van der Waals surface area (Å²) in [4.78, 5) is 41.2. The number of ether oxygens (including phenoxy) is 5. The highest BCUT2D eigenvalue weighted by Gasteiger charge is 2.62. The molecule has 1 amide bonds. The van der Waals surface area contributed by atoms with Crippen molar-refractivity contribution in [3.8, 4) is 17.2 Å². The average Bonchev–Trinajstić information content (AvgIpc) is 3.33. The second-order valence-corrected chi connectivity index (χ2v) is 12.8. The number of benzene rings is 2. The SMILES string of the molecule is COc1ccc2c3c1O[C@@H]1CC(OC(=O)[C@@H](CCC(=O)Oc4ccccc4)NC(=O)OC(C)(C)C)C(C)[C@]31CCN(C)C2. The largest absolute Gasteiger partial charge is 0.493 e. The van der Waals surface area contributed by atoms with Crippen molar-refractivity contribution in [2.24, 2.45) is 5.92 Å². The lowest BCUT2D eigenvalue weighted by Crippen LogP contribution is -2.46. The molecule has 1 N–H and O–H groups in total. The third kappa shape index (κ3) is 6.30. The van der Waals surface area contributed by atoms with Crippen molar-refractivity contribution in [1.29, 1.82) is 0 Å². The Hall–Kier alpha value is -3.79. The van der Waals surface area contributed by atoms with E-state index in [0.29, 0.717) is 17.9 Å². The molecule has 0 saturated heterocycles. The summed E-state index contributed by atoms with van der Waals surface area (Å²) >= 11 is 0. The predicted molar refractivity (Wildman–Crippen MR) is 158 cm³/mol. The van der Waals surface area contributed by atoms with Gasteiger partial charge < -0.3 is 33.9 Å². The van der Waals surface area contributed by atoms with Gasteiger partial charge in [-0.1, -0.05) is 31.2 Å². The normalized spacial score (nSPS) is 24.9. The highest BCUT2D eigenvalue weighted by molar-refractivity contribution is 5.82. The molecule has 0 aromatic heterocycles. The summed E-state index contributed by atoms with van der Waals surface area (Å²) in [5.74, 6) is 0.697. The van der Waals surface area contributed by atoms with Crippen LogP contribution < -0.4 is 19.5 Å². The highest BCUT2D eigenvalue weighted by atomic mass is 16.6. The first kappa shape index (κ1) is 30.7. The number of nitrogens with zero attached hydrogens (tertiary/aromatic N) is 1. The molecule has 2 heterocycles. The molecule has 232 valence electrons. The van der Waals surface area contributed by atoms with Gasteiger partial charge in [-0.05, 0) is 71.0 Å². The number of esters is 2. The monoisotopic (exact) mass is 594 g/mol. The zero-order valence-corrected chi connectivity index (χ0v) is 25.8. The number of carbonyl (C=O) groups excluding carboxylic acids is 3. The third-order valence-electron chi connectivity index (χ3n) is 8.75. The maximum absolute atomic E-state index is 13.7. The topological polar surface area (TPSA) is 113 Å². The predicted octanol–water partition coefficient (Wildman–Crippen LogP) is 4.76. The molecule has 5 atom stereocenters. The van der Waals surface area contributed by atoms with E-state index in [4.69, 9.17) is 23.7 Å². The molecule has 3 aliphatic rings. The van der Waals surface area contributed by atoms with Crippen LogP contribution in [0.3, 0.4) is 0 Å². The summed E-state index contributed by atoms with van der Waals surface area (Å²) in [5, 5.41) is 2.62. The zero-order valence-electron chi connectivity index (χ0n) is 25.8. The van der Waals surface area contributed by atoms with Crippen LogP contribution in [0.4, 0.5) is 4.79 Å². The van der Waals surface area contributed by atoms with E-state index in [1.807, 2.05) is 12.1 Å². The number of hydrogen-bond donors (Lipinski definition) is 1. The molecule has 43 heavy (non-hydrogen) atoms. The minimum absolute atomic E-state index is 0.00904. The number of para-hydroxylation sites is 1. The van der Waals surface area contributed by atoms with Gasteiger partial charge in [0.2, 0.25) is 0 Å². The van der Waals surface area contributed by atoms with E-state index in [1.54, 1.807) is 52.1 Å². The van der Waals surface area contributed by atoms with Crippen LogP contribution in [0.5, 0.6) is 17.2 Å². The maximum Gasteiger partial charge on any atom is 0.408 e. The van der Waals surface area contributed by atoms with Crippen LogP contribution in [0.2, 0.25) is 0 Å². The molecule has 1 saturated carbocycles. The first-order valence-electron chi connectivity index (χ1n) is 14.9. The lowest BCUT2D eigenvalue weighted by Gasteiger charge is -2.34. The van der Waals surface area contributed by atoms with Gasteiger partial charge in [0.05, 0.1) is 7.11 Å². The fraction of sp³-hybridized carbons (Fsp3) is 0.545. The molecule has 0 bridgehead atoms. The van der Waals surface area contributed by atoms with Gasteiger partial charge >= 0.3 is 18.0 Å². The number of nitrogens with one attached hydrogen (secondary N) is 1. The molecular weight excluding hydrogens is 552 g/mol. The Morgan fingerprint density at radius 1 is 1.14 bits per heavy atom. The van der Waals surface area contributed by atoms with Crippen molar-refractivity contribution >= 4 is 18.0 Å². The second kappa shape index (κ2) is 12.1. The van der Waals surface area contributed by atoms with Crippen molar-refractivity contribution < 1.29 is 38.1 Å². The van der Waals surface area contributed by atoms with Crippen LogP contribution in [0.1, 0.15) is 64.5 Å². The average molecular weight is 595 g/mol. The zero-order chi connectivity index (χ0) is 30.9. The minimum atomic E-state index is -1.10. The fourth-order valence-corrected chi connectivity index (χ4v) is 6.73. The Morgan fingerprint density at radius 3 is 2.58 bits per heavy atom. The van der Waals surface area contributed by atoms with Crippen molar-refractivity contribution in [3.05, 3.63) is 53.6 Å². The van der Waals surface area contributed by atoms with Crippen LogP contribution in [-0.4, -0.2) is 67.5 Å². The lowest BCUT2D eigenvalue weighted by atomic mass is 9.69. The molecule has 10 nitrogen and oxygen atoms in total. The summed E-state index contributed by atoms with van der Waals surface area (Å²) in [5.41, 5.74) is 1.23. The van der Waals surface area contributed by atoms with Gasteiger partial charge in [0.25, 0.3) is 0 Å². The van der Waals surface area contributed by atoms with Crippen LogP contribution in [0.15, 0.2) is 42.5 Å². The summed E-state index contributed by atoms with van der Waals surface area (Å²) in [7, 11) is 3.75. The van der Waals surface area contributed by atoms with Gasteiger partial charge in [-0.25, -0.2) is 9.59 Å². The summed E-state index contributed by atoms with van der Waals surface area (Å²) in [6.07, 6.45) is -0.164. The Labute approximate surface area is 252 Å². The summed E-state index contributed by atoms with van der Waals surface area (Å²) in [6.45, 7) is 8.98. The van der Waals surface area contributed by atoms with E-state index in [-0.39, 0.29) is 30.3 Å². The van der Waals surface area contributed by atoms with E-state index in [1.165, 1.54) is 5.56 Å². The third-order valence-corrected chi connectivity index (χ3v) is 8.75. The van der Waals surface area contributed by atoms with Gasteiger partial charge in [-0.3, -0.25) is 4.79 Å². The van der Waals surface area contributed by atoms with E-state index >= 15 is 0 Å². The second-order valence-electron chi connectivity index (χ2n) is 12.8. The van der Waals surface area contributed by atoms with Crippen LogP contribution in [-0.2, 0) is 31.0 Å². The number of methoxy groups -OCH3 is 1. The lowest BCUT2D eigenvalue weighted by molar-refractivity contribution is -0.154. The van der Waals surface area contributed by atoms with E-state index < -0.39 is 35.8 Å². The van der Waals surface area contributed by atoms with Gasteiger partial charge in [0, 0.05) is 36.3 Å². The number of carbonyl (C=O) groups is 3. The summed E-state index contributed by atoms with van der Waals surface area (Å²) in [6, 6.07) is 11.6. The van der Waals surface area contributed by atoms with Gasteiger partial charge in [-0.15, -0.1) is 0 Å². The molecule has 1 aliphatic carbocycles. The van der Waals surface area contributed by atoms with Gasteiger partial charge in [-0.2, -0.15) is 0 Å².